The summed E-state index contributed by atoms with van der Waals surface area (Å²) >= 11 is 12.4. The third-order valence-corrected chi connectivity index (χ3v) is 8.11. The molecule has 0 spiro atoms. The van der Waals surface area contributed by atoms with Gasteiger partial charge in [-0.15, -0.1) is 0 Å². The van der Waals surface area contributed by atoms with E-state index in [9.17, 15) is 18.0 Å². The molecule has 202 valence electrons. The molecule has 2 aromatic carbocycles. The molecule has 37 heavy (non-hydrogen) atoms. The van der Waals surface area contributed by atoms with Gasteiger partial charge in [-0.25, -0.2) is 8.42 Å². The van der Waals surface area contributed by atoms with Crippen LogP contribution in [-0.4, -0.2) is 57.1 Å². The van der Waals surface area contributed by atoms with E-state index in [1.165, 1.54) is 23.1 Å². The van der Waals surface area contributed by atoms with Crippen LogP contribution in [0.25, 0.3) is 0 Å². The zero-order chi connectivity index (χ0) is 27.2. The summed E-state index contributed by atoms with van der Waals surface area (Å²) in [6.07, 6.45) is 5.26. The van der Waals surface area contributed by atoms with E-state index < -0.39 is 28.5 Å². The molecular formula is C26H33Cl2N3O5S. The predicted octanol–water partition coefficient (Wildman–Crippen LogP) is 4.63. The molecule has 11 heteroatoms. The topological polar surface area (TPSA) is 96.0 Å². The number of anilines is 1. The number of nitrogens with zero attached hydrogens (tertiary/aromatic N) is 2. The minimum atomic E-state index is -3.92. The van der Waals surface area contributed by atoms with Crippen molar-refractivity contribution in [1.82, 2.24) is 10.2 Å². The third kappa shape index (κ3) is 7.75. The molecule has 0 bridgehead atoms. The van der Waals surface area contributed by atoms with Gasteiger partial charge in [0, 0.05) is 17.6 Å². The number of benzene rings is 2. The lowest BCUT2D eigenvalue weighted by Crippen LogP contribution is -2.53. The molecule has 0 aliphatic heterocycles. The monoisotopic (exact) mass is 569 g/mol. The van der Waals surface area contributed by atoms with Crippen LogP contribution in [0.5, 0.6) is 5.75 Å². The lowest BCUT2D eigenvalue weighted by molar-refractivity contribution is -0.140. The van der Waals surface area contributed by atoms with Crippen molar-refractivity contribution < 1.29 is 22.7 Å². The highest BCUT2D eigenvalue weighted by atomic mass is 35.5. The number of sulfonamides is 1. The minimum absolute atomic E-state index is 0.0770. The number of amides is 2. The van der Waals surface area contributed by atoms with Gasteiger partial charge in [0.15, 0.2) is 0 Å². The average Bonchev–Trinajstić information content (AvgIpc) is 3.36. The molecule has 1 aliphatic carbocycles. The first-order valence-corrected chi connectivity index (χ1v) is 14.8. The molecule has 1 atom stereocenters. The van der Waals surface area contributed by atoms with Crippen LogP contribution in [0.1, 0.15) is 44.6 Å². The van der Waals surface area contributed by atoms with E-state index in [-0.39, 0.29) is 34.2 Å². The van der Waals surface area contributed by atoms with Crippen molar-refractivity contribution in [2.24, 2.45) is 0 Å². The van der Waals surface area contributed by atoms with Gasteiger partial charge in [-0.2, -0.15) is 0 Å². The van der Waals surface area contributed by atoms with Crippen LogP contribution in [0.15, 0.2) is 42.5 Å². The van der Waals surface area contributed by atoms with Gasteiger partial charge >= 0.3 is 0 Å². The van der Waals surface area contributed by atoms with E-state index in [2.05, 4.69) is 5.32 Å². The van der Waals surface area contributed by atoms with Crippen LogP contribution in [0, 0.1) is 0 Å². The highest BCUT2D eigenvalue weighted by Gasteiger charge is 2.33. The normalized spacial score (nSPS) is 14.7. The first kappa shape index (κ1) is 29.1. The Hall–Kier alpha value is -2.49. The number of carbonyl (C=O) groups excluding carboxylic acids is 2. The standard InChI is InChI=1S/C26H33Cl2N3O5S/c1-4-23(26(33)29-20-9-5-6-10-20)30(16-18-8-7-11-21(14-18)36-2)25(32)17-31(37(3,34)35)24-15-19(27)12-13-22(24)28/h7-8,11-15,20,23H,4-6,9-10,16-17H2,1-3H3,(H,29,33)/t23-/m0/s1. The van der Waals surface area contributed by atoms with Gasteiger partial charge in [-0.05, 0) is 55.2 Å². The van der Waals surface area contributed by atoms with Crippen molar-refractivity contribution in [2.75, 3.05) is 24.2 Å². The predicted molar refractivity (Wildman–Crippen MR) is 147 cm³/mol. The highest BCUT2D eigenvalue weighted by molar-refractivity contribution is 7.92. The van der Waals surface area contributed by atoms with Crippen LogP contribution in [0.4, 0.5) is 5.69 Å². The maximum atomic E-state index is 13.8. The van der Waals surface area contributed by atoms with Crippen LogP contribution in [0.2, 0.25) is 10.0 Å². The van der Waals surface area contributed by atoms with Crippen molar-refractivity contribution in [3.63, 3.8) is 0 Å². The molecule has 2 amide bonds. The SMILES string of the molecule is CC[C@@H](C(=O)NC1CCCC1)N(Cc1cccc(OC)c1)C(=O)CN(c1cc(Cl)ccc1Cl)S(C)(=O)=O. The van der Waals surface area contributed by atoms with Crippen molar-refractivity contribution in [3.05, 3.63) is 58.1 Å². The first-order valence-electron chi connectivity index (χ1n) is 12.2. The van der Waals surface area contributed by atoms with Crippen LogP contribution in [-0.2, 0) is 26.2 Å². The number of carbonyl (C=O) groups is 2. The van der Waals surface area contributed by atoms with E-state index in [1.807, 2.05) is 13.0 Å². The number of hydrogen-bond donors (Lipinski definition) is 1. The Morgan fingerprint density at radius 3 is 2.46 bits per heavy atom. The molecule has 1 saturated carbocycles. The second kappa shape index (κ2) is 12.8. The van der Waals surface area contributed by atoms with Gasteiger partial charge in [-0.1, -0.05) is 55.1 Å². The fourth-order valence-electron chi connectivity index (χ4n) is 4.53. The van der Waals surface area contributed by atoms with Gasteiger partial charge in [0.2, 0.25) is 21.8 Å². The summed E-state index contributed by atoms with van der Waals surface area (Å²) in [7, 11) is -2.37. The Balaban J connectivity index is 1.96. The maximum Gasteiger partial charge on any atom is 0.244 e. The molecule has 2 aromatic rings. The van der Waals surface area contributed by atoms with Crippen LogP contribution >= 0.6 is 23.2 Å². The first-order chi connectivity index (χ1) is 17.5. The van der Waals surface area contributed by atoms with Gasteiger partial charge in [0.25, 0.3) is 0 Å². The third-order valence-electron chi connectivity index (χ3n) is 6.43. The number of rotatable bonds is 11. The zero-order valence-corrected chi connectivity index (χ0v) is 23.6. The summed E-state index contributed by atoms with van der Waals surface area (Å²) in [5.74, 6) is -0.188. The molecule has 3 rings (SSSR count). The Morgan fingerprint density at radius 2 is 1.84 bits per heavy atom. The summed E-state index contributed by atoms with van der Waals surface area (Å²) in [5.41, 5.74) is 0.835. The Morgan fingerprint density at radius 1 is 1.14 bits per heavy atom. The molecule has 1 aliphatic rings. The summed E-state index contributed by atoms with van der Waals surface area (Å²) in [4.78, 5) is 28.6. The van der Waals surface area contributed by atoms with Crippen molar-refractivity contribution in [1.29, 1.82) is 0 Å². The summed E-state index contributed by atoms with van der Waals surface area (Å²) in [6.45, 7) is 1.37. The second-order valence-corrected chi connectivity index (χ2v) is 11.9. The molecule has 1 fully saturated rings. The van der Waals surface area contributed by atoms with Gasteiger partial charge < -0.3 is 15.0 Å². The highest BCUT2D eigenvalue weighted by Crippen LogP contribution is 2.31. The minimum Gasteiger partial charge on any atom is -0.497 e. The lowest BCUT2D eigenvalue weighted by atomic mass is 10.1. The number of hydrogen-bond acceptors (Lipinski definition) is 5. The Bertz CT molecular complexity index is 1220. The quantitative estimate of drug-likeness (QED) is 0.425. The van der Waals surface area contributed by atoms with Gasteiger partial charge in [0.1, 0.15) is 18.3 Å². The second-order valence-electron chi connectivity index (χ2n) is 9.15. The number of nitrogens with one attached hydrogen (secondary N) is 1. The number of ether oxygens (including phenoxy) is 1. The molecular weight excluding hydrogens is 537 g/mol. The maximum absolute atomic E-state index is 13.8. The van der Waals surface area contributed by atoms with E-state index in [4.69, 9.17) is 27.9 Å². The molecule has 0 saturated heterocycles. The van der Waals surface area contributed by atoms with Gasteiger partial charge in [-0.3, -0.25) is 13.9 Å². The summed E-state index contributed by atoms with van der Waals surface area (Å²) in [6, 6.07) is 10.9. The smallest absolute Gasteiger partial charge is 0.244 e. The largest absolute Gasteiger partial charge is 0.497 e. The van der Waals surface area contributed by atoms with E-state index in [0.717, 1.165) is 41.8 Å². The van der Waals surface area contributed by atoms with Crippen molar-refractivity contribution in [2.45, 2.75) is 57.7 Å². The van der Waals surface area contributed by atoms with E-state index >= 15 is 0 Å². The van der Waals surface area contributed by atoms with Crippen LogP contribution in [0.3, 0.4) is 0 Å². The molecule has 8 nitrogen and oxygen atoms in total. The van der Waals surface area contributed by atoms with Crippen molar-refractivity contribution in [3.8, 4) is 5.75 Å². The molecule has 0 aromatic heterocycles. The summed E-state index contributed by atoms with van der Waals surface area (Å²) < 4.78 is 31.7. The number of halogens is 2. The van der Waals surface area contributed by atoms with E-state index in [1.54, 1.807) is 25.3 Å². The van der Waals surface area contributed by atoms with Crippen LogP contribution < -0.4 is 14.4 Å². The zero-order valence-electron chi connectivity index (χ0n) is 21.2. The fourth-order valence-corrected chi connectivity index (χ4v) is 5.82. The Labute approximate surface area is 228 Å². The van der Waals surface area contributed by atoms with Gasteiger partial charge in [0.05, 0.1) is 24.1 Å². The fraction of sp³-hybridized carbons (Fsp3) is 0.462. The molecule has 1 N–H and O–H groups in total. The van der Waals surface area contributed by atoms with Crippen molar-refractivity contribution >= 4 is 50.7 Å². The summed E-state index contributed by atoms with van der Waals surface area (Å²) in [5, 5.41) is 3.48. The lowest BCUT2D eigenvalue weighted by Gasteiger charge is -2.33. The number of methoxy groups -OCH3 is 1. The molecule has 0 radical (unpaired) electrons. The Kier molecular flexibility index (Phi) is 10.1. The molecule has 0 heterocycles. The van der Waals surface area contributed by atoms with E-state index in [0.29, 0.717) is 12.2 Å². The molecule has 0 unspecified atom stereocenters. The average molecular weight is 571 g/mol.